The lowest BCUT2D eigenvalue weighted by Gasteiger charge is -2.41. The number of ether oxygens (including phenoxy) is 2. The zero-order valence-electron chi connectivity index (χ0n) is 37.1. The van der Waals surface area contributed by atoms with Crippen molar-refractivity contribution in [2.75, 3.05) is 34.9 Å². The Bertz CT molecular complexity index is 1550. The lowest BCUT2D eigenvalue weighted by atomic mass is 9.89. The van der Waals surface area contributed by atoms with Crippen molar-refractivity contribution in [1.29, 1.82) is 0 Å². The zero-order chi connectivity index (χ0) is 43.9. The number of nitrogens with one attached hydrogen (secondary N) is 4. The van der Waals surface area contributed by atoms with Gasteiger partial charge in [-0.05, 0) is 63.6 Å². The maximum Gasteiger partial charge on any atom is 0.245 e. The number of benzene rings is 1. The smallest absolute Gasteiger partial charge is 0.245 e. The minimum absolute atomic E-state index is 0.0686. The topological polar surface area (TPSA) is 207 Å². The third kappa shape index (κ3) is 14.0. The molecule has 1 saturated heterocycles. The second kappa shape index (κ2) is 23.4. The van der Waals surface area contributed by atoms with Gasteiger partial charge in [-0.2, -0.15) is 0 Å². The lowest BCUT2D eigenvalue weighted by molar-refractivity contribution is -0.147. The van der Waals surface area contributed by atoms with E-state index in [1.54, 1.807) is 32.8 Å². The lowest BCUT2D eigenvalue weighted by Crippen LogP contribution is -2.60. The molecule has 10 atom stereocenters. The maximum atomic E-state index is 14.3. The minimum atomic E-state index is -1.17. The molecule has 16 heteroatoms. The molecule has 1 aliphatic rings. The standard InChI is InChI=1S/C42H71N9O7/c1-14-26(4)36(50(11)41(56)35(28(6)48-49-43)46-40(55)34(44-10)25(2)3)32(57-12)24-33(52)51-22-18-21-31(51)37(58-13)27(5)38(53)45-30(39(54)47-42(7,8)9)23-29-19-16-15-17-20-29/h15-17,19-20,25-28,30-32,34-37,44H,14,18,21-24H2,1-13H3,(H,45,53)(H,46,55)(H,47,54)/t26-,27+,28-,30?,31?,32+,34?,35-,36-,37+/m0/s1. The molecule has 2 rings (SSSR count). The van der Waals surface area contributed by atoms with Crippen LogP contribution in [0.4, 0.5) is 0 Å². The molecule has 4 N–H and O–H groups in total. The quantitative estimate of drug-likeness (QED) is 0.0764. The molecule has 1 fully saturated rings. The molecule has 0 bridgehead atoms. The van der Waals surface area contributed by atoms with Crippen molar-refractivity contribution < 1.29 is 33.4 Å². The van der Waals surface area contributed by atoms with Crippen molar-refractivity contribution >= 4 is 29.5 Å². The van der Waals surface area contributed by atoms with Gasteiger partial charge in [0.2, 0.25) is 29.5 Å². The van der Waals surface area contributed by atoms with E-state index < -0.39 is 71.7 Å². The molecule has 58 heavy (non-hydrogen) atoms. The molecule has 0 saturated carbocycles. The van der Waals surface area contributed by atoms with Crippen LogP contribution in [0.3, 0.4) is 0 Å². The summed E-state index contributed by atoms with van der Waals surface area (Å²) in [7, 11) is 6.30. The summed E-state index contributed by atoms with van der Waals surface area (Å²) in [6.07, 6.45) is 0.760. The number of carbonyl (C=O) groups excluding carboxylic acids is 5. The molecule has 5 amide bonds. The van der Waals surface area contributed by atoms with Crippen molar-refractivity contribution in [1.82, 2.24) is 31.1 Å². The van der Waals surface area contributed by atoms with E-state index >= 15 is 0 Å². The van der Waals surface area contributed by atoms with Gasteiger partial charge in [-0.1, -0.05) is 83.4 Å². The van der Waals surface area contributed by atoms with E-state index in [1.807, 2.05) is 78.8 Å². The highest BCUT2D eigenvalue weighted by molar-refractivity contribution is 5.91. The summed E-state index contributed by atoms with van der Waals surface area (Å²) in [5.74, 6) is -2.70. The molecule has 1 aromatic rings. The molecule has 0 spiro atoms. The Morgan fingerprint density at radius 1 is 0.966 bits per heavy atom. The van der Waals surface area contributed by atoms with Crippen molar-refractivity contribution in [2.45, 2.75) is 148 Å². The number of rotatable bonds is 22. The first-order chi connectivity index (χ1) is 27.3. The summed E-state index contributed by atoms with van der Waals surface area (Å²) < 4.78 is 12.0. The average molecular weight is 814 g/mol. The van der Waals surface area contributed by atoms with Crippen LogP contribution in [0, 0.1) is 17.8 Å². The molecule has 1 aromatic carbocycles. The Morgan fingerprint density at radius 2 is 1.60 bits per heavy atom. The Balaban J connectivity index is 2.35. The predicted molar refractivity (Wildman–Crippen MR) is 224 cm³/mol. The van der Waals surface area contributed by atoms with E-state index in [-0.39, 0.29) is 36.0 Å². The van der Waals surface area contributed by atoms with Gasteiger partial charge in [-0.15, -0.1) is 0 Å². The molecule has 3 unspecified atom stereocenters. The molecule has 0 radical (unpaired) electrons. The Labute approximate surface area is 345 Å². The molecule has 16 nitrogen and oxygen atoms in total. The van der Waals surface area contributed by atoms with E-state index in [4.69, 9.17) is 9.47 Å². The summed E-state index contributed by atoms with van der Waals surface area (Å²) in [4.78, 5) is 75.4. The number of hydrogen-bond acceptors (Lipinski definition) is 9. The van der Waals surface area contributed by atoms with E-state index in [0.717, 1.165) is 5.56 Å². The SMILES string of the molecule is CC[C@H](C)[C@@H]([C@@H](CC(=O)N1CCCC1[C@H](OC)[C@@H](C)C(=O)NC(Cc1ccccc1)C(=O)NC(C)(C)C)OC)N(C)C(=O)[C@@H](NC(=O)C(NC)C(C)C)[C@H](C)N=[N+]=[N-]. The number of likely N-dealkylation sites (N-methyl/N-ethyl adjacent to an activating group) is 2. The molecule has 1 aliphatic heterocycles. The van der Waals surface area contributed by atoms with Gasteiger partial charge in [0, 0.05) is 44.7 Å². The molecular formula is C42H71N9O7. The number of hydrogen-bond donors (Lipinski definition) is 4. The highest BCUT2D eigenvalue weighted by Crippen LogP contribution is 2.30. The first-order valence-corrected chi connectivity index (χ1v) is 20.6. The van der Waals surface area contributed by atoms with E-state index in [1.165, 1.54) is 19.1 Å². The zero-order valence-corrected chi connectivity index (χ0v) is 37.1. The van der Waals surface area contributed by atoms with Crippen molar-refractivity contribution in [3.63, 3.8) is 0 Å². The Hall–Kier alpha value is -4.24. The van der Waals surface area contributed by atoms with Gasteiger partial charge in [0.15, 0.2) is 0 Å². The van der Waals surface area contributed by atoms with Crippen LogP contribution < -0.4 is 21.3 Å². The second-order valence-electron chi connectivity index (χ2n) is 17.0. The second-order valence-corrected chi connectivity index (χ2v) is 17.0. The highest BCUT2D eigenvalue weighted by atomic mass is 16.5. The third-order valence-electron chi connectivity index (χ3n) is 11.2. The third-order valence-corrected chi connectivity index (χ3v) is 11.2. The monoisotopic (exact) mass is 814 g/mol. The first-order valence-electron chi connectivity index (χ1n) is 20.6. The van der Waals surface area contributed by atoms with Crippen LogP contribution in [0.5, 0.6) is 0 Å². The van der Waals surface area contributed by atoms with Gasteiger partial charge in [-0.3, -0.25) is 24.0 Å². The highest BCUT2D eigenvalue weighted by Gasteiger charge is 2.43. The number of carbonyl (C=O) groups is 5. The Morgan fingerprint density at radius 3 is 2.12 bits per heavy atom. The molecule has 0 aromatic heterocycles. The van der Waals surface area contributed by atoms with Gasteiger partial charge in [0.1, 0.15) is 12.1 Å². The fraction of sp³-hybridized carbons (Fsp3) is 0.738. The average Bonchev–Trinajstić information content (AvgIpc) is 3.65. The molecule has 326 valence electrons. The Kier molecular flexibility index (Phi) is 20.1. The fourth-order valence-corrected chi connectivity index (χ4v) is 7.89. The van der Waals surface area contributed by atoms with Gasteiger partial charge >= 0.3 is 0 Å². The van der Waals surface area contributed by atoms with Crippen LogP contribution in [0.2, 0.25) is 0 Å². The minimum Gasteiger partial charge on any atom is -0.379 e. The van der Waals surface area contributed by atoms with E-state index in [9.17, 15) is 29.5 Å². The van der Waals surface area contributed by atoms with Crippen molar-refractivity contribution in [3.8, 4) is 0 Å². The molecule has 1 heterocycles. The van der Waals surface area contributed by atoms with Crippen LogP contribution in [-0.2, 0) is 39.9 Å². The number of amides is 5. The molecular weight excluding hydrogens is 743 g/mol. The fourth-order valence-electron chi connectivity index (χ4n) is 7.89. The van der Waals surface area contributed by atoms with Gasteiger partial charge < -0.3 is 40.5 Å². The van der Waals surface area contributed by atoms with Gasteiger partial charge in [0.05, 0.1) is 48.7 Å². The van der Waals surface area contributed by atoms with Gasteiger partial charge in [0.25, 0.3) is 0 Å². The van der Waals surface area contributed by atoms with E-state index in [0.29, 0.717) is 32.2 Å². The normalized spacial score (nSPS) is 19.0. The summed E-state index contributed by atoms with van der Waals surface area (Å²) in [5, 5.41) is 15.5. The summed E-state index contributed by atoms with van der Waals surface area (Å²) in [6.45, 7) is 17.1. The first kappa shape index (κ1) is 49.9. The molecule has 0 aliphatic carbocycles. The largest absolute Gasteiger partial charge is 0.379 e. The van der Waals surface area contributed by atoms with Crippen LogP contribution in [0.25, 0.3) is 10.4 Å². The van der Waals surface area contributed by atoms with Crippen LogP contribution in [0.1, 0.15) is 93.6 Å². The van der Waals surface area contributed by atoms with Gasteiger partial charge in [-0.25, -0.2) is 0 Å². The number of azide groups is 1. The summed E-state index contributed by atoms with van der Waals surface area (Å²) in [5.41, 5.74) is 9.63. The maximum absolute atomic E-state index is 14.3. The van der Waals surface area contributed by atoms with E-state index in [2.05, 4.69) is 31.3 Å². The van der Waals surface area contributed by atoms with Crippen molar-refractivity contribution in [3.05, 3.63) is 46.3 Å². The number of nitrogens with zero attached hydrogens (tertiary/aromatic N) is 5. The van der Waals surface area contributed by atoms with Crippen LogP contribution in [0.15, 0.2) is 35.4 Å². The summed E-state index contributed by atoms with van der Waals surface area (Å²) >= 11 is 0. The summed E-state index contributed by atoms with van der Waals surface area (Å²) in [6, 6.07) is 4.95. The number of methoxy groups -OCH3 is 2. The van der Waals surface area contributed by atoms with Crippen molar-refractivity contribution in [2.24, 2.45) is 22.9 Å². The predicted octanol–water partition coefficient (Wildman–Crippen LogP) is 3.98. The number of likely N-dealkylation sites (tertiary alicyclic amines) is 1. The van der Waals surface area contributed by atoms with Crippen LogP contribution in [-0.4, -0.2) is 128 Å². The van der Waals surface area contributed by atoms with Crippen LogP contribution >= 0.6 is 0 Å².